The Labute approximate surface area is 239 Å². The molecule has 0 saturated heterocycles. The normalized spacial score (nSPS) is 12.8. The van der Waals surface area contributed by atoms with Crippen LogP contribution in [0.2, 0.25) is 0 Å². The molecule has 7 nitrogen and oxygen atoms in total. The molecule has 3 aromatic rings. The van der Waals surface area contributed by atoms with E-state index in [9.17, 15) is 18.0 Å². The first-order valence-electron chi connectivity index (χ1n) is 13.8. The average Bonchev–Trinajstić information content (AvgIpc) is 2.93. The van der Waals surface area contributed by atoms with Crippen molar-refractivity contribution in [3.05, 3.63) is 102 Å². The summed E-state index contributed by atoms with van der Waals surface area (Å²) >= 11 is 0. The third-order valence-corrected chi connectivity index (χ3v) is 8.10. The third kappa shape index (κ3) is 9.23. The quantitative estimate of drug-likeness (QED) is 0.296. The molecule has 3 aromatic carbocycles. The number of hydrogen-bond donors (Lipinski definition) is 1. The van der Waals surface area contributed by atoms with E-state index in [1.54, 1.807) is 29.2 Å². The number of rotatable bonds is 14. The zero-order chi connectivity index (χ0) is 29.1. The maximum absolute atomic E-state index is 13.9. The van der Waals surface area contributed by atoms with Crippen LogP contribution in [0.25, 0.3) is 0 Å². The Bertz CT molecular complexity index is 1350. The first kappa shape index (κ1) is 30.9. The highest BCUT2D eigenvalue weighted by atomic mass is 32.2. The van der Waals surface area contributed by atoms with Gasteiger partial charge in [-0.25, -0.2) is 8.42 Å². The zero-order valence-electron chi connectivity index (χ0n) is 23.9. The summed E-state index contributed by atoms with van der Waals surface area (Å²) in [5.74, 6) is -0.385. The molecule has 0 spiro atoms. The Hall–Kier alpha value is -3.65. The molecular weight excluding hydrogens is 522 g/mol. The summed E-state index contributed by atoms with van der Waals surface area (Å²) in [6, 6.07) is 25.7. The molecule has 40 heavy (non-hydrogen) atoms. The van der Waals surface area contributed by atoms with Gasteiger partial charge in [-0.2, -0.15) is 0 Å². The Morgan fingerprint density at radius 2 is 1.52 bits per heavy atom. The van der Waals surface area contributed by atoms with E-state index in [2.05, 4.69) is 5.32 Å². The highest BCUT2D eigenvalue weighted by Gasteiger charge is 2.31. The van der Waals surface area contributed by atoms with E-state index in [4.69, 9.17) is 0 Å². The Morgan fingerprint density at radius 3 is 2.12 bits per heavy atom. The SMILES string of the molecule is CC[C@H](C)NC(=O)[C@@H](Cc1ccccc1)N(Cc1cccc(C)c1)C(=O)CCCN(c1ccccc1)S(C)(=O)=O. The maximum atomic E-state index is 13.9. The molecule has 0 aliphatic carbocycles. The molecule has 214 valence electrons. The number of hydrogen-bond acceptors (Lipinski definition) is 4. The molecule has 0 aliphatic heterocycles. The number of para-hydroxylation sites is 1. The highest BCUT2D eigenvalue weighted by Crippen LogP contribution is 2.20. The fourth-order valence-corrected chi connectivity index (χ4v) is 5.57. The Morgan fingerprint density at radius 1 is 0.900 bits per heavy atom. The topological polar surface area (TPSA) is 86.8 Å². The molecule has 8 heteroatoms. The third-order valence-electron chi connectivity index (χ3n) is 6.90. The van der Waals surface area contributed by atoms with E-state index >= 15 is 0 Å². The summed E-state index contributed by atoms with van der Waals surface area (Å²) in [7, 11) is -3.53. The monoisotopic (exact) mass is 563 g/mol. The zero-order valence-corrected chi connectivity index (χ0v) is 24.7. The van der Waals surface area contributed by atoms with Crippen LogP contribution in [-0.2, 0) is 32.6 Å². The van der Waals surface area contributed by atoms with Crippen molar-refractivity contribution in [3.63, 3.8) is 0 Å². The van der Waals surface area contributed by atoms with Crippen molar-refractivity contribution in [2.24, 2.45) is 0 Å². The van der Waals surface area contributed by atoms with Gasteiger partial charge in [0.2, 0.25) is 21.8 Å². The molecule has 0 heterocycles. The second-order valence-corrected chi connectivity index (χ2v) is 12.2. The van der Waals surface area contributed by atoms with Crippen molar-refractivity contribution in [3.8, 4) is 0 Å². The predicted octanol–water partition coefficient (Wildman–Crippen LogP) is 5.10. The number of carbonyl (C=O) groups is 2. The number of sulfonamides is 1. The summed E-state index contributed by atoms with van der Waals surface area (Å²) in [6.07, 6.45) is 2.74. The van der Waals surface area contributed by atoms with Crippen LogP contribution in [0.3, 0.4) is 0 Å². The summed E-state index contributed by atoms with van der Waals surface area (Å²) in [6.45, 7) is 6.40. The van der Waals surface area contributed by atoms with Crippen molar-refractivity contribution in [1.29, 1.82) is 0 Å². The van der Waals surface area contributed by atoms with Crippen LogP contribution in [0.5, 0.6) is 0 Å². The van der Waals surface area contributed by atoms with E-state index in [0.717, 1.165) is 23.1 Å². The van der Waals surface area contributed by atoms with Crippen LogP contribution in [0.1, 0.15) is 49.8 Å². The van der Waals surface area contributed by atoms with E-state index in [-0.39, 0.29) is 37.4 Å². The molecule has 0 saturated carbocycles. The van der Waals surface area contributed by atoms with Gasteiger partial charge in [-0.05, 0) is 49.9 Å². The summed E-state index contributed by atoms with van der Waals surface area (Å²) in [4.78, 5) is 29.2. The smallest absolute Gasteiger partial charge is 0.243 e. The number of nitrogens with one attached hydrogen (secondary N) is 1. The van der Waals surface area contributed by atoms with Crippen molar-refractivity contribution >= 4 is 27.5 Å². The van der Waals surface area contributed by atoms with Crippen LogP contribution < -0.4 is 9.62 Å². The molecule has 1 N–H and O–H groups in total. The van der Waals surface area contributed by atoms with Gasteiger partial charge >= 0.3 is 0 Å². The van der Waals surface area contributed by atoms with Gasteiger partial charge in [-0.3, -0.25) is 13.9 Å². The van der Waals surface area contributed by atoms with Crippen molar-refractivity contribution in [1.82, 2.24) is 10.2 Å². The lowest BCUT2D eigenvalue weighted by Gasteiger charge is -2.33. The molecule has 3 rings (SSSR count). The average molecular weight is 564 g/mol. The first-order chi connectivity index (χ1) is 19.1. The minimum atomic E-state index is -3.53. The van der Waals surface area contributed by atoms with E-state index < -0.39 is 16.1 Å². The highest BCUT2D eigenvalue weighted by molar-refractivity contribution is 7.92. The van der Waals surface area contributed by atoms with Crippen molar-refractivity contribution < 1.29 is 18.0 Å². The van der Waals surface area contributed by atoms with Gasteiger partial charge in [0.05, 0.1) is 11.9 Å². The van der Waals surface area contributed by atoms with Gasteiger partial charge in [-0.1, -0.05) is 85.3 Å². The minimum absolute atomic E-state index is 0.0316. The van der Waals surface area contributed by atoms with E-state index in [1.807, 2.05) is 81.4 Å². The number of benzene rings is 3. The molecule has 0 aliphatic rings. The molecule has 0 bridgehead atoms. The van der Waals surface area contributed by atoms with Crippen LogP contribution in [0.15, 0.2) is 84.9 Å². The molecule has 2 amide bonds. The summed E-state index contributed by atoms with van der Waals surface area (Å²) < 4.78 is 26.4. The molecule has 0 fully saturated rings. The standard InChI is InChI=1S/C32H41N3O4S/c1-5-26(3)33-32(37)30(23-27-15-8-6-9-16-27)34(24-28-17-12-14-25(2)22-28)31(36)20-13-21-35(40(4,38)39)29-18-10-7-11-19-29/h6-12,14-19,22,26,30H,5,13,20-21,23-24H2,1-4H3,(H,33,37)/t26-,30+/m0/s1. The Kier molecular flexibility index (Phi) is 11.3. The number of amides is 2. The van der Waals surface area contributed by atoms with Gasteiger partial charge in [-0.15, -0.1) is 0 Å². The van der Waals surface area contributed by atoms with Crippen molar-refractivity contribution in [2.75, 3.05) is 17.1 Å². The number of carbonyl (C=O) groups excluding carboxylic acids is 2. The fourth-order valence-electron chi connectivity index (χ4n) is 4.60. The molecule has 0 radical (unpaired) electrons. The largest absolute Gasteiger partial charge is 0.352 e. The first-order valence-corrected chi connectivity index (χ1v) is 15.7. The minimum Gasteiger partial charge on any atom is -0.352 e. The van der Waals surface area contributed by atoms with Gasteiger partial charge in [0.25, 0.3) is 0 Å². The van der Waals surface area contributed by atoms with E-state index in [1.165, 1.54) is 10.6 Å². The fraction of sp³-hybridized carbons (Fsp3) is 0.375. The number of nitrogens with zero attached hydrogens (tertiary/aromatic N) is 2. The van der Waals surface area contributed by atoms with E-state index in [0.29, 0.717) is 18.5 Å². The van der Waals surface area contributed by atoms with Crippen LogP contribution in [0.4, 0.5) is 5.69 Å². The van der Waals surface area contributed by atoms with Gasteiger partial charge < -0.3 is 10.2 Å². The maximum Gasteiger partial charge on any atom is 0.243 e. The lowest BCUT2D eigenvalue weighted by Crippen LogP contribution is -2.52. The lowest BCUT2D eigenvalue weighted by atomic mass is 10.0. The molecule has 2 atom stereocenters. The van der Waals surface area contributed by atoms with Gasteiger partial charge in [0, 0.05) is 32.0 Å². The Balaban J connectivity index is 1.88. The van der Waals surface area contributed by atoms with Gasteiger partial charge in [0.15, 0.2) is 0 Å². The van der Waals surface area contributed by atoms with Crippen LogP contribution in [0, 0.1) is 6.92 Å². The molecule has 0 aromatic heterocycles. The number of aryl methyl sites for hydroxylation is 1. The number of anilines is 1. The van der Waals surface area contributed by atoms with Crippen molar-refractivity contribution in [2.45, 2.75) is 65.1 Å². The molecular formula is C32H41N3O4S. The molecule has 0 unspecified atom stereocenters. The second-order valence-electron chi connectivity index (χ2n) is 10.3. The summed E-state index contributed by atoms with van der Waals surface area (Å²) in [5, 5.41) is 3.08. The van der Waals surface area contributed by atoms with Crippen LogP contribution >= 0.6 is 0 Å². The predicted molar refractivity (Wildman–Crippen MR) is 161 cm³/mol. The van der Waals surface area contributed by atoms with Gasteiger partial charge in [0.1, 0.15) is 6.04 Å². The second kappa shape index (κ2) is 14.7. The lowest BCUT2D eigenvalue weighted by molar-refractivity contribution is -0.141. The van der Waals surface area contributed by atoms with Crippen LogP contribution in [-0.4, -0.2) is 50.0 Å². The summed E-state index contributed by atoms with van der Waals surface area (Å²) in [5.41, 5.74) is 3.52.